The van der Waals surface area contributed by atoms with Crippen LogP contribution in [0.3, 0.4) is 0 Å². The number of rotatable bonds is 5. The predicted molar refractivity (Wildman–Crippen MR) is 86.1 cm³/mol. The Hall–Kier alpha value is -1.58. The summed E-state index contributed by atoms with van der Waals surface area (Å²) in [5.74, 6) is 1.73. The van der Waals surface area contributed by atoms with Gasteiger partial charge in [-0.05, 0) is 56.6 Å². The van der Waals surface area contributed by atoms with E-state index in [9.17, 15) is 0 Å². The molecule has 0 bridgehead atoms. The third-order valence-electron chi connectivity index (χ3n) is 4.18. The van der Waals surface area contributed by atoms with Crippen molar-refractivity contribution in [2.45, 2.75) is 19.4 Å². The van der Waals surface area contributed by atoms with Crippen molar-refractivity contribution < 1.29 is 4.42 Å². The van der Waals surface area contributed by atoms with Crippen molar-refractivity contribution in [3.05, 3.63) is 48.2 Å². The lowest BCUT2D eigenvalue weighted by atomic mass is 9.99. The first-order valence-electron chi connectivity index (χ1n) is 7.83. The maximum absolute atomic E-state index is 5.42. The second-order valence-electron chi connectivity index (χ2n) is 6.08. The summed E-state index contributed by atoms with van der Waals surface area (Å²) in [5, 5.41) is 3.49. The zero-order chi connectivity index (χ0) is 14.5. The first kappa shape index (κ1) is 14.4. The van der Waals surface area contributed by atoms with Crippen molar-refractivity contribution in [3.8, 4) is 11.3 Å². The Morgan fingerprint density at radius 3 is 2.76 bits per heavy atom. The van der Waals surface area contributed by atoms with E-state index in [0.29, 0.717) is 0 Å². The fraction of sp³-hybridized carbons (Fsp3) is 0.444. The van der Waals surface area contributed by atoms with Gasteiger partial charge in [-0.15, -0.1) is 0 Å². The van der Waals surface area contributed by atoms with E-state index in [1.807, 2.05) is 12.1 Å². The standard InChI is InChI=1S/C18H24N2O/c1-20(14-16-4-2-10-19-12-16)13-15-6-8-17(9-7-15)18-5-3-11-21-18/h3,5-9,11,16,19H,2,4,10,12-14H2,1H3/t16-/m1/s1. The average molecular weight is 284 g/mol. The molecule has 2 heterocycles. The van der Waals surface area contributed by atoms with Gasteiger partial charge in [0.05, 0.1) is 6.26 Å². The third-order valence-corrected chi connectivity index (χ3v) is 4.18. The first-order chi connectivity index (χ1) is 10.3. The molecular weight excluding hydrogens is 260 g/mol. The Morgan fingerprint density at radius 2 is 2.10 bits per heavy atom. The number of piperidine rings is 1. The van der Waals surface area contributed by atoms with Crippen LogP contribution in [0, 0.1) is 5.92 Å². The molecule has 1 aliphatic rings. The second-order valence-corrected chi connectivity index (χ2v) is 6.08. The summed E-state index contributed by atoms with van der Waals surface area (Å²) in [6.45, 7) is 4.54. The van der Waals surface area contributed by atoms with E-state index >= 15 is 0 Å². The minimum absolute atomic E-state index is 0.797. The van der Waals surface area contributed by atoms with Crippen LogP contribution in [0.1, 0.15) is 18.4 Å². The Kier molecular flexibility index (Phi) is 4.73. The Bertz CT molecular complexity index is 527. The summed E-state index contributed by atoms with van der Waals surface area (Å²) in [6, 6.07) is 12.6. The number of hydrogen-bond donors (Lipinski definition) is 1. The molecule has 1 N–H and O–H groups in total. The first-order valence-corrected chi connectivity index (χ1v) is 7.83. The molecule has 3 heteroatoms. The van der Waals surface area contributed by atoms with Gasteiger partial charge in [0.1, 0.15) is 5.76 Å². The normalized spacial score (nSPS) is 19.0. The lowest BCUT2D eigenvalue weighted by Crippen LogP contribution is -2.36. The summed E-state index contributed by atoms with van der Waals surface area (Å²) in [7, 11) is 2.22. The lowest BCUT2D eigenvalue weighted by Gasteiger charge is -2.27. The van der Waals surface area contributed by atoms with Crippen LogP contribution in [0.4, 0.5) is 0 Å². The predicted octanol–water partition coefficient (Wildman–Crippen LogP) is 3.38. The second kappa shape index (κ2) is 6.92. The molecular formula is C18H24N2O. The highest BCUT2D eigenvalue weighted by Gasteiger charge is 2.15. The highest BCUT2D eigenvalue weighted by molar-refractivity contribution is 5.57. The number of hydrogen-bond acceptors (Lipinski definition) is 3. The zero-order valence-corrected chi connectivity index (χ0v) is 12.7. The van der Waals surface area contributed by atoms with Crippen LogP contribution in [0.25, 0.3) is 11.3 Å². The molecule has 0 saturated carbocycles. The highest BCUT2D eigenvalue weighted by Crippen LogP contribution is 2.20. The minimum Gasteiger partial charge on any atom is -0.464 e. The molecule has 1 fully saturated rings. The lowest BCUT2D eigenvalue weighted by molar-refractivity contribution is 0.237. The quantitative estimate of drug-likeness (QED) is 0.912. The average Bonchev–Trinajstić information content (AvgIpc) is 3.03. The Labute approximate surface area is 127 Å². The van der Waals surface area contributed by atoms with Gasteiger partial charge >= 0.3 is 0 Å². The summed E-state index contributed by atoms with van der Waals surface area (Å²) in [5.41, 5.74) is 2.50. The molecule has 2 aromatic rings. The van der Waals surface area contributed by atoms with Crippen LogP contribution >= 0.6 is 0 Å². The SMILES string of the molecule is CN(Cc1ccc(-c2ccco2)cc1)C[C@@H]1CCCNC1. The molecule has 3 rings (SSSR count). The fourth-order valence-electron chi connectivity index (χ4n) is 3.11. The number of furan rings is 1. The smallest absolute Gasteiger partial charge is 0.133 e. The summed E-state index contributed by atoms with van der Waals surface area (Å²) in [6.07, 6.45) is 4.39. The van der Waals surface area contributed by atoms with Crippen molar-refractivity contribution in [1.82, 2.24) is 10.2 Å². The van der Waals surface area contributed by atoms with Gasteiger partial charge in [-0.2, -0.15) is 0 Å². The van der Waals surface area contributed by atoms with Crippen LogP contribution in [0.5, 0.6) is 0 Å². The van der Waals surface area contributed by atoms with Crippen LogP contribution in [-0.4, -0.2) is 31.6 Å². The molecule has 112 valence electrons. The van der Waals surface area contributed by atoms with Crippen molar-refractivity contribution >= 4 is 0 Å². The molecule has 0 amide bonds. The molecule has 21 heavy (non-hydrogen) atoms. The molecule has 0 aliphatic carbocycles. The maximum atomic E-state index is 5.42. The fourth-order valence-corrected chi connectivity index (χ4v) is 3.11. The molecule has 1 aliphatic heterocycles. The molecule has 0 radical (unpaired) electrons. The number of benzene rings is 1. The van der Waals surface area contributed by atoms with Gasteiger partial charge in [0.25, 0.3) is 0 Å². The van der Waals surface area contributed by atoms with Gasteiger partial charge < -0.3 is 14.6 Å². The zero-order valence-electron chi connectivity index (χ0n) is 12.7. The molecule has 1 atom stereocenters. The molecule has 0 unspecified atom stereocenters. The van der Waals surface area contributed by atoms with E-state index in [1.165, 1.54) is 38.0 Å². The van der Waals surface area contributed by atoms with E-state index in [0.717, 1.165) is 23.8 Å². The van der Waals surface area contributed by atoms with Gasteiger partial charge in [0.2, 0.25) is 0 Å². The van der Waals surface area contributed by atoms with E-state index in [-0.39, 0.29) is 0 Å². The van der Waals surface area contributed by atoms with Gasteiger partial charge in [0.15, 0.2) is 0 Å². The van der Waals surface area contributed by atoms with Crippen LogP contribution < -0.4 is 5.32 Å². The van der Waals surface area contributed by atoms with E-state index in [4.69, 9.17) is 4.42 Å². The topological polar surface area (TPSA) is 28.4 Å². The van der Waals surface area contributed by atoms with Crippen LogP contribution in [0.15, 0.2) is 47.1 Å². The van der Waals surface area contributed by atoms with Crippen molar-refractivity contribution in [3.63, 3.8) is 0 Å². The highest BCUT2D eigenvalue weighted by atomic mass is 16.3. The number of nitrogens with zero attached hydrogens (tertiary/aromatic N) is 1. The largest absolute Gasteiger partial charge is 0.464 e. The third kappa shape index (κ3) is 3.96. The minimum atomic E-state index is 0.797. The molecule has 1 aromatic heterocycles. The number of nitrogens with one attached hydrogen (secondary N) is 1. The van der Waals surface area contributed by atoms with Crippen molar-refractivity contribution in [1.29, 1.82) is 0 Å². The van der Waals surface area contributed by atoms with Crippen LogP contribution in [0.2, 0.25) is 0 Å². The van der Waals surface area contributed by atoms with Gasteiger partial charge in [-0.1, -0.05) is 24.3 Å². The monoisotopic (exact) mass is 284 g/mol. The van der Waals surface area contributed by atoms with Crippen LogP contribution in [-0.2, 0) is 6.54 Å². The molecule has 1 saturated heterocycles. The van der Waals surface area contributed by atoms with Gasteiger partial charge in [-0.25, -0.2) is 0 Å². The van der Waals surface area contributed by atoms with Crippen molar-refractivity contribution in [2.75, 3.05) is 26.7 Å². The summed E-state index contributed by atoms with van der Waals surface area (Å²) < 4.78 is 5.42. The molecule has 0 spiro atoms. The molecule has 1 aromatic carbocycles. The Balaban J connectivity index is 1.54. The summed E-state index contributed by atoms with van der Waals surface area (Å²) >= 11 is 0. The van der Waals surface area contributed by atoms with E-state index < -0.39 is 0 Å². The molecule has 3 nitrogen and oxygen atoms in total. The van der Waals surface area contributed by atoms with Gasteiger partial charge in [0, 0.05) is 18.7 Å². The van der Waals surface area contributed by atoms with Crippen molar-refractivity contribution in [2.24, 2.45) is 5.92 Å². The van der Waals surface area contributed by atoms with E-state index in [2.05, 4.69) is 41.5 Å². The maximum Gasteiger partial charge on any atom is 0.133 e. The van der Waals surface area contributed by atoms with Gasteiger partial charge in [-0.3, -0.25) is 0 Å². The van der Waals surface area contributed by atoms with E-state index in [1.54, 1.807) is 6.26 Å². The summed E-state index contributed by atoms with van der Waals surface area (Å²) in [4.78, 5) is 2.43. The Morgan fingerprint density at radius 1 is 1.24 bits per heavy atom.